The van der Waals surface area contributed by atoms with Crippen LogP contribution >= 0.6 is 0 Å². The fourth-order valence-electron chi connectivity index (χ4n) is 14.5. The zero-order valence-electron chi connectivity index (χ0n) is 34.0. The number of hydrogen-bond acceptors (Lipinski definition) is 5. The van der Waals surface area contributed by atoms with Gasteiger partial charge in [-0.2, -0.15) is 0 Å². The minimum absolute atomic E-state index is 0.0900. The second-order valence-electron chi connectivity index (χ2n) is 21.0. The number of esters is 1. The predicted octanol–water partition coefficient (Wildman–Crippen LogP) is 9.00. The smallest absolute Gasteiger partial charge is 0.309 e. The van der Waals surface area contributed by atoms with Gasteiger partial charge >= 0.3 is 11.9 Å². The van der Waals surface area contributed by atoms with E-state index in [1.807, 2.05) is 0 Å². The van der Waals surface area contributed by atoms with Gasteiger partial charge in [0.05, 0.1) is 11.8 Å². The number of rotatable bonds is 8. The van der Waals surface area contributed by atoms with E-state index in [4.69, 9.17) is 4.74 Å². The van der Waals surface area contributed by atoms with Gasteiger partial charge in [-0.15, -0.1) is 0 Å². The fraction of sp³-hybridized carbons (Fsp3) is 0.886. The second kappa shape index (κ2) is 13.1. The standard InChI is InChI=1S/C44H72N2O5/c1-28(2)30-14-21-44(26-35(47)46-24-17-29(18-25-46)45(10)11)23-22-42(8)31(37(30)44)12-13-33-41(7)19-16-34(51-36(48)27-39(3,4)38(49)50)40(5,6)32(41)15-20-43(33,42)9/h29-34,37H,1,12-27H2,2-11H3,(H,49,50)/t30-,31+,32-,33+,34-,37+,41-,42+,43?,44+/m0/s1. The zero-order valence-corrected chi connectivity index (χ0v) is 34.0. The quantitative estimate of drug-likeness (QED) is 0.200. The Morgan fingerprint density at radius 1 is 0.843 bits per heavy atom. The minimum Gasteiger partial charge on any atom is -0.481 e. The Balaban J connectivity index is 1.23. The summed E-state index contributed by atoms with van der Waals surface area (Å²) >= 11 is 0. The Bertz CT molecular complexity index is 1400. The molecular weight excluding hydrogens is 636 g/mol. The molecule has 1 aliphatic heterocycles. The van der Waals surface area contributed by atoms with Gasteiger partial charge in [0.1, 0.15) is 6.10 Å². The van der Waals surface area contributed by atoms with E-state index in [-0.39, 0.29) is 45.6 Å². The lowest BCUT2D eigenvalue weighted by Crippen LogP contribution is -2.67. The highest BCUT2D eigenvalue weighted by atomic mass is 16.5. The summed E-state index contributed by atoms with van der Waals surface area (Å²) in [6.07, 6.45) is 14.0. The van der Waals surface area contributed by atoms with Crippen molar-refractivity contribution in [3.05, 3.63) is 12.2 Å². The van der Waals surface area contributed by atoms with E-state index in [1.54, 1.807) is 13.8 Å². The van der Waals surface area contributed by atoms with Gasteiger partial charge < -0.3 is 19.6 Å². The van der Waals surface area contributed by atoms with Crippen LogP contribution < -0.4 is 0 Å². The number of fused-ring (bicyclic) bond motifs is 7. The molecule has 288 valence electrons. The average Bonchev–Trinajstić information content (AvgIpc) is 3.42. The molecule has 10 atom stereocenters. The first-order valence-corrected chi connectivity index (χ1v) is 20.7. The van der Waals surface area contributed by atoms with Crippen LogP contribution in [0.3, 0.4) is 0 Å². The summed E-state index contributed by atoms with van der Waals surface area (Å²) in [6, 6.07) is 0.578. The lowest BCUT2D eigenvalue weighted by Gasteiger charge is -2.73. The van der Waals surface area contributed by atoms with Crippen molar-refractivity contribution in [2.45, 2.75) is 157 Å². The van der Waals surface area contributed by atoms with Crippen LogP contribution in [0.1, 0.15) is 145 Å². The first kappa shape index (κ1) is 38.8. The van der Waals surface area contributed by atoms with Gasteiger partial charge in [-0.25, -0.2) is 0 Å². The summed E-state index contributed by atoms with van der Waals surface area (Å²) in [6.45, 7) is 24.4. The molecule has 0 aromatic heterocycles. The second-order valence-corrected chi connectivity index (χ2v) is 21.0. The SMILES string of the molecule is C=C(C)[C@@H]1CC[C@]2(CC(=O)N3CCC(N(C)C)CC3)CC[C@]3(C)[C@H](CC[C@H]4C3(C)CC[C@H]3C(C)(C)[C@@H](OC(=O)CC(C)(C)C(=O)O)CC[C@@]34C)[C@@H]12. The molecule has 0 radical (unpaired) electrons. The summed E-state index contributed by atoms with van der Waals surface area (Å²) in [5, 5.41) is 9.62. The molecule has 51 heavy (non-hydrogen) atoms. The van der Waals surface area contributed by atoms with Crippen molar-refractivity contribution in [2.24, 2.45) is 62.1 Å². The van der Waals surface area contributed by atoms with Crippen LogP contribution in [0.4, 0.5) is 0 Å². The molecule has 6 aliphatic rings. The fourth-order valence-corrected chi connectivity index (χ4v) is 14.5. The van der Waals surface area contributed by atoms with Crippen molar-refractivity contribution in [1.82, 2.24) is 9.80 Å². The third-order valence-electron chi connectivity index (χ3n) is 17.7. The average molecular weight is 709 g/mol. The minimum atomic E-state index is -1.14. The van der Waals surface area contributed by atoms with E-state index in [1.165, 1.54) is 44.1 Å². The molecule has 7 nitrogen and oxygen atoms in total. The molecule has 0 aromatic carbocycles. The number of carbonyl (C=O) groups excluding carboxylic acids is 2. The van der Waals surface area contributed by atoms with Crippen LogP contribution in [-0.4, -0.2) is 72.1 Å². The number of piperidine rings is 1. The van der Waals surface area contributed by atoms with Crippen molar-refractivity contribution in [3.63, 3.8) is 0 Å². The van der Waals surface area contributed by atoms with Crippen molar-refractivity contribution in [1.29, 1.82) is 0 Å². The van der Waals surface area contributed by atoms with E-state index < -0.39 is 11.4 Å². The van der Waals surface area contributed by atoms with Gasteiger partial charge in [0, 0.05) is 31.0 Å². The van der Waals surface area contributed by atoms with Gasteiger partial charge in [0.2, 0.25) is 5.91 Å². The van der Waals surface area contributed by atoms with Crippen LogP contribution in [-0.2, 0) is 19.1 Å². The van der Waals surface area contributed by atoms with Crippen molar-refractivity contribution >= 4 is 17.8 Å². The number of carboxylic acids is 1. The first-order chi connectivity index (χ1) is 23.6. The van der Waals surface area contributed by atoms with Crippen LogP contribution in [0, 0.1) is 62.1 Å². The van der Waals surface area contributed by atoms with Crippen LogP contribution in [0.5, 0.6) is 0 Å². The molecule has 6 rings (SSSR count). The number of likely N-dealkylation sites (tertiary alicyclic amines) is 1. The third-order valence-corrected chi connectivity index (χ3v) is 17.7. The van der Waals surface area contributed by atoms with Gasteiger partial charge in [0.15, 0.2) is 0 Å². The number of amides is 1. The summed E-state index contributed by atoms with van der Waals surface area (Å²) in [4.78, 5) is 43.5. The summed E-state index contributed by atoms with van der Waals surface area (Å²) in [7, 11) is 4.33. The van der Waals surface area contributed by atoms with Crippen molar-refractivity contribution in [2.75, 3.05) is 27.2 Å². The Kier molecular flexibility index (Phi) is 10.0. The lowest BCUT2D eigenvalue weighted by atomic mass is 9.32. The molecule has 0 aromatic rings. The molecule has 0 spiro atoms. The number of carboxylic acid groups (broad SMARTS) is 1. The topological polar surface area (TPSA) is 87.2 Å². The maximum Gasteiger partial charge on any atom is 0.309 e. The van der Waals surface area contributed by atoms with Crippen molar-refractivity contribution in [3.8, 4) is 0 Å². The maximum absolute atomic E-state index is 14.2. The van der Waals surface area contributed by atoms with E-state index >= 15 is 0 Å². The number of hydrogen-bond donors (Lipinski definition) is 1. The Morgan fingerprint density at radius 2 is 1.51 bits per heavy atom. The molecular formula is C44H72N2O5. The Hall–Kier alpha value is -1.89. The molecule has 1 saturated heterocycles. The molecule has 0 bridgehead atoms. The van der Waals surface area contributed by atoms with E-state index in [9.17, 15) is 19.5 Å². The number of aliphatic carboxylic acids is 1. The Labute approximate surface area is 310 Å². The van der Waals surface area contributed by atoms with Gasteiger partial charge in [-0.3, -0.25) is 14.4 Å². The molecule has 5 saturated carbocycles. The highest BCUT2D eigenvalue weighted by Crippen LogP contribution is 2.78. The highest BCUT2D eigenvalue weighted by Gasteiger charge is 2.71. The number of ether oxygens (including phenoxy) is 1. The van der Waals surface area contributed by atoms with Gasteiger partial charge in [-0.1, -0.05) is 46.8 Å². The Morgan fingerprint density at radius 3 is 2.12 bits per heavy atom. The first-order valence-electron chi connectivity index (χ1n) is 20.7. The number of allylic oxidation sites excluding steroid dienone is 1. The number of nitrogens with zero attached hydrogens (tertiary/aromatic N) is 2. The van der Waals surface area contributed by atoms with Gasteiger partial charge in [0.25, 0.3) is 0 Å². The number of carbonyl (C=O) groups is 3. The maximum atomic E-state index is 14.2. The molecule has 1 N–H and O–H groups in total. The van der Waals surface area contributed by atoms with Crippen LogP contribution in [0.2, 0.25) is 0 Å². The third kappa shape index (κ3) is 6.14. The van der Waals surface area contributed by atoms with E-state index in [2.05, 4.69) is 72.0 Å². The van der Waals surface area contributed by atoms with Crippen molar-refractivity contribution < 1.29 is 24.2 Å². The predicted molar refractivity (Wildman–Crippen MR) is 203 cm³/mol. The van der Waals surface area contributed by atoms with E-state index in [0.717, 1.165) is 58.0 Å². The lowest BCUT2D eigenvalue weighted by molar-refractivity contribution is -0.250. The largest absolute Gasteiger partial charge is 0.481 e. The summed E-state index contributed by atoms with van der Waals surface area (Å²) in [5.41, 5.74) is 0.663. The molecule has 1 heterocycles. The normalized spacial score (nSPS) is 42.3. The molecule has 1 unspecified atom stereocenters. The molecule has 7 heteroatoms. The van der Waals surface area contributed by atoms with Gasteiger partial charge in [-0.05, 0) is 163 Å². The zero-order chi connectivity index (χ0) is 37.5. The van der Waals surface area contributed by atoms with E-state index in [0.29, 0.717) is 41.5 Å². The molecule has 1 amide bonds. The molecule has 6 fully saturated rings. The summed E-state index contributed by atoms with van der Waals surface area (Å²) in [5.74, 6) is 1.73. The van der Waals surface area contributed by atoms with Crippen LogP contribution in [0.15, 0.2) is 12.2 Å². The highest BCUT2D eigenvalue weighted by molar-refractivity contribution is 5.81. The summed E-state index contributed by atoms with van der Waals surface area (Å²) < 4.78 is 6.19. The van der Waals surface area contributed by atoms with Crippen LogP contribution in [0.25, 0.3) is 0 Å². The monoisotopic (exact) mass is 709 g/mol. The molecule has 5 aliphatic carbocycles.